The van der Waals surface area contributed by atoms with Gasteiger partial charge in [0, 0.05) is 57.5 Å². The molecule has 4 rings (SSSR count). The molecular formula is C25H35N5O. The summed E-state index contributed by atoms with van der Waals surface area (Å²) in [4.78, 5) is 29.2. The molecule has 166 valence electrons. The highest BCUT2D eigenvalue weighted by Gasteiger charge is 2.33. The van der Waals surface area contributed by atoms with Crippen molar-refractivity contribution in [1.29, 1.82) is 0 Å². The number of nitrogens with zero attached hydrogens (tertiary/aromatic N) is 5. The van der Waals surface area contributed by atoms with Crippen LogP contribution in [0, 0.1) is 0 Å². The van der Waals surface area contributed by atoms with Crippen LogP contribution in [0.25, 0.3) is 0 Å². The minimum atomic E-state index is 0.132. The third kappa shape index (κ3) is 5.06. The van der Waals surface area contributed by atoms with Crippen LogP contribution in [0.15, 0.2) is 36.4 Å². The molecule has 2 fully saturated rings. The van der Waals surface area contributed by atoms with Gasteiger partial charge in [-0.3, -0.25) is 4.79 Å². The van der Waals surface area contributed by atoms with Crippen molar-refractivity contribution in [1.82, 2.24) is 19.8 Å². The highest BCUT2D eigenvalue weighted by atomic mass is 16.2. The number of hydrogen-bond acceptors (Lipinski definition) is 5. The first kappa shape index (κ1) is 21.8. The van der Waals surface area contributed by atoms with Gasteiger partial charge in [-0.1, -0.05) is 30.3 Å². The zero-order chi connectivity index (χ0) is 22.0. The Morgan fingerprint density at radius 3 is 2.42 bits per heavy atom. The summed E-state index contributed by atoms with van der Waals surface area (Å²) in [6.45, 7) is 8.12. The van der Waals surface area contributed by atoms with Crippen molar-refractivity contribution in [2.24, 2.45) is 0 Å². The molecule has 0 bridgehead atoms. The highest BCUT2D eigenvalue weighted by molar-refractivity contribution is 5.79. The summed E-state index contributed by atoms with van der Waals surface area (Å²) in [5, 5.41) is 0. The molecule has 6 heteroatoms. The lowest BCUT2D eigenvalue weighted by Crippen LogP contribution is -2.38. The van der Waals surface area contributed by atoms with E-state index in [9.17, 15) is 4.79 Å². The third-order valence-electron chi connectivity index (χ3n) is 6.68. The SMILES string of the molecule is CC(C)N1CCC(c2nc([C@H]3CC(=O)N(Cc4ccccc4)C3)cc(N(C)C)n2)CC1. The minimum Gasteiger partial charge on any atom is -0.363 e. The molecule has 6 nitrogen and oxygen atoms in total. The fourth-order valence-electron chi connectivity index (χ4n) is 4.69. The van der Waals surface area contributed by atoms with Gasteiger partial charge in [-0.25, -0.2) is 9.97 Å². The molecule has 0 spiro atoms. The van der Waals surface area contributed by atoms with Crippen molar-refractivity contribution in [2.75, 3.05) is 38.6 Å². The Kier molecular flexibility index (Phi) is 6.56. The van der Waals surface area contributed by atoms with Crippen LogP contribution in [-0.4, -0.2) is 65.4 Å². The van der Waals surface area contributed by atoms with E-state index in [4.69, 9.17) is 9.97 Å². The van der Waals surface area contributed by atoms with Crippen molar-refractivity contribution in [2.45, 2.75) is 57.5 Å². The number of amides is 1. The maximum absolute atomic E-state index is 12.7. The zero-order valence-electron chi connectivity index (χ0n) is 19.3. The van der Waals surface area contributed by atoms with Crippen molar-refractivity contribution < 1.29 is 4.79 Å². The topological polar surface area (TPSA) is 52.6 Å². The van der Waals surface area contributed by atoms with Gasteiger partial charge in [0.15, 0.2) is 0 Å². The second kappa shape index (κ2) is 9.35. The van der Waals surface area contributed by atoms with Crippen LogP contribution in [0.4, 0.5) is 5.82 Å². The second-order valence-electron chi connectivity index (χ2n) is 9.47. The molecule has 2 aromatic rings. The molecule has 0 unspecified atom stereocenters. The van der Waals surface area contributed by atoms with Crippen LogP contribution in [0.1, 0.15) is 62.0 Å². The number of hydrogen-bond donors (Lipinski definition) is 0. The van der Waals surface area contributed by atoms with E-state index >= 15 is 0 Å². The predicted octanol–water partition coefficient (Wildman–Crippen LogP) is 3.65. The van der Waals surface area contributed by atoms with E-state index in [2.05, 4.69) is 41.8 Å². The fraction of sp³-hybridized carbons (Fsp3) is 0.560. The van der Waals surface area contributed by atoms with Gasteiger partial charge in [-0.15, -0.1) is 0 Å². The molecule has 1 aromatic heterocycles. The van der Waals surface area contributed by atoms with Gasteiger partial charge < -0.3 is 14.7 Å². The molecule has 2 aliphatic rings. The number of carbonyl (C=O) groups is 1. The van der Waals surface area contributed by atoms with Crippen LogP contribution in [0.5, 0.6) is 0 Å². The molecule has 1 aromatic carbocycles. The number of anilines is 1. The predicted molar refractivity (Wildman–Crippen MR) is 124 cm³/mol. The van der Waals surface area contributed by atoms with E-state index in [1.54, 1.807) is 0 Å². The molecule has 1 atom stereocenters. The average molecular weight is 422 g/mol. The average Bonchev–Trinajstić information content (AvgIpc) is 3.14. The van der Waals surface area contributed by atoms with Crippen molar-refractivity contribution in [3.8, 4) is 0 Å². The van der Waals surface area contributed by atoms with Gasteiger partial charge in [0.1, 0.15) is 11.6 Å². The number of rotatable bonds is 6. The Morgan fingerprint density at radius 1 is 1.06 bits per heavy atom. The summed E-state index contributed by atoms with van der Waals surface area (Å²) < 4.78 is 0. The number of benzene rings is 1. The molecule has 31 heavy (non-hydrogen) atoms. The number of carbonyl (C=O) groups excluding carboxylic acids is 1. The van der Waals surface area contributed by atoms with Gasteiger partial charge in [0.05, 0.1) is 5.69 Å². The first-order valence-electron chi connectivity index (χ1n) is 11.5. The maximum Gasteiger partial charge on any atom is 0.223 e. The summed E-state index contributed by atoms with van der Waals surface area (Å²) >= 11 is 0. The van der Waals surface area contributed by atoms with E-state index < -0.39 is 0 Å². The van der Waals surface area contributed by atoms with Gasteiger partial charge in [-0.2, -0.15) is 0 Å². The van der Waals surface area contributed by atoms with E-state index in [0.29, 0.717) is 24.9 Å². The fourth-order valence-corrected chi connectivity index (χ4v) is 4.69. The Labute approximate surface area is 186 Å². The van der Waals surface area contributed by atoms with E-state index in [0.717, 1.165) is 49.8 Å². The number of aromatic nitrogens is 2. The van der Waals surface area contributed by atoms with Crippen LogP contribution in [0.3, 0.4) is 0 Å². The summed E-state index contributed by atoms with van der Waals surface area (Å²) in [7, 11) is 4.05. The third-order valence-corrected chi connectivity index (χ3v) is 6.68. The lowest BCUT2D eigenvalue weighted by Gasteiger charge is -2.34. The zero-order valence-corrected chi connectivity index (χ0v) is 19.3. The van der Waals surface area contributed by atoms with Crippen LogP contribution < -0.4 is 4.90 Å². The van der Waals surface area contributed by atoms with Crippen LogP contribution in [0.2, 0.25) is 0 Å². The Morgan fingerprint density at radius 2 is 1.77 bits per heavy atom. The van der Waals surface area contributed by atoms with Gasteiger partial charge in [-0.05, 0) is 45.3 Å². The molecule has 2 saturated heterocycles. The van der Waals surface area contributed by atoms with Crippen LogP contribution in [-0.2, 0) is 11.3 Å². The number of piperidine rings is 1. The molecule has 2 aliphatic heterocycles. The normalized spacial score (nSPS) is 20.6. The highest BCUT2D eigenvalue weighted by Crippen LogP contribution is 2.33. The Hall–Kier alpha value is -2.47. The maximum atomic E-state index is 12.7. The largest absolute Gasteiger partial charge is 0.363 e. The molecule has 0 N–H and O–H groups in total. The van der Waals surface area contributed by atoms with E-state index in [1.807, 2.05) is 37.2 Å². The molecule has 0 saturated carbocycles. The van der Waals surface area contributed by atoms with Gasteiger partial charge in [0.2, 0.25) is 5.91 Å². The summed E-state index contributed by atoms with van der Waals surface area (Å²) in [6, 6.07) is 12.9. The van der Waals surface area contributed by atoms with E-state index in [-0.39, 0.29) is 11.8 Å². The molecule has 0 aliphatic carbocycles. The monoisotopic (exact) mass is 421 g/mol. The lowest BCUT2D eigenvalue weighted by molar-refractivity contribution is -0.128. The molecule has 0 radical (unpaired) electrons. The lowest BCUT2D eigenvalue weighted by atomic mass is 9.94. The van der Waals surface area contributed by atoms with Crippen molar-refractivity contribution >= 4 is 11.7 Å². The van der Waals surface area contributed by atoms with E-state index in [1.165, 1.54) is 5.56 Å². The summed E-state index contributed by atoms with van der Waals surface area (Å²) in [5.74, 6) is 2.64. The molecule has 3 heterocycles. The molecular weight excluding hydrogens is 386 g/mol. The first-order chi connectivity index (χ1) is 14.9. The summed E-state index contributed by atoms with van der Waals surface area (Å²) in [5.41, 5.74) is 2.19. The van der Waals surface area contributed by atoms with Gasteiger partial charge >= 0.3 is 0 Å². The van der Waals surface area contributed by atoms with Gasteiger partial charge in [0.25, 0.3) is 0 Å². The van der Waals surface area contributed by atoms with Crippen molar-refractivity contribution in [3.63, 3.8) is 0 Å². The number of likely N-dealkylation sites (tertiary alicyclic amines) is 2. The standard InChI is InChI=1S/C25H35N5O/c1-18(2)29-12-10-20(11-13-29)25-26-22(15-23(27-25)28(3)4)21-14-24(31)30(17-21)16-19-8-6-5-7-9-19/h5-9,15,18,20-21H,10-14,16-17H2,1-4H3/t21-/m0/s1. The first-order valence-corrected chi connectivity index (χ1v) is 11.5. The smallest absolute Gasteiger partial charge is 0.223 e. The quantitative estimate of drug-likeness (QED) is 0.713. The summed E-state index contributed by atoms with van der Waals surface area (Å²) in [6.07, 6.45) is 2.72. The molecule has 1 amide bonds. The minimum absolute atomic E-state index is 0.132. The van der Waals surface area contributed by atoms with Crippen molar-refractivity contribution in [3.05, 3.63) is 53.5 Å². The Bertz CT molecular complexity index is 890. The Balaban J connectivity index is 1.52. The second-order valence-corrected chi connectivity index (χ2v) is 9.47. The van der Waals surface area contributed by atoms with Crippen LogP contribution >= 0.6 is 0 Å².